The highest BCUT2D eigenvalue weighted by Gasteiger charge is 2.10. The van der Waals surface area contributed by atoms with Crippen LogP contribution in [0.4, 0.5) is 4.39 Å². The topological polar surface area (TPSA) is 57.8 Å². The highest BCUT2D eigenvalue weighted by atomic mass is 35.5. The maximum atomic E-state index is 13.0. The Morgan fingerprint density at radius 2 is 2.09 bits per heavy atom. The molecule has 0 radical (unpaired) electrons. The summed E-state index contributed by atoms with van der Waals surface area (Å²) < 4.78 is 13.0. The number of para-hydroxylation sites is 2. The predicted octanol–water partition coefficient (Wildman–Crippen LogP) is 3.72. The summed E-state index contributed by atoms with van der Waals surface area (Å²) in [5, 5.41) is 2.89. The molecular formula is C17H15ClFN3O. The first-order valence-corrected chi connectivity index (χ1v) is 7.68. The number of carbonyl (C=O) groups excluding carboxylic acids is 1. The first kappa shape index (κ1) is 15.5. The maximum absolute atomic E-state index is 13.0. The van der Waals surface area contributed by atoms with Gasteiger partial charge in [0, 0.05) is 13.0 Å². The number of aryl methyl sites for hydroxylation is 1. The third-order valence-corrected chi connectivity index (χ3v) is 3.80. The number of aromatic nitrogens is 2. The zero-order valence-electron chi connectivity index (χ0n) is 12.3. The summed E-state index contributed by atoms with van der Waals surface area (Å²) in [5.41, 5.74) is 2.21. The number of amides is 1. The van der Waals surface area contributed by atoms with Crippen LogP contribution in [-0.4, -0.2) is 22.4 Å². The fraction of sp³-hybridized carbons (Fsp3) is 0.176. The van der Waals surface area contributed by atoms with Crippen LogP contribution in [0.3, 0.4) is 0 Å². The average Bonchev–Trinajstić information content (AvgIpc) is 2.94. The van der Waals surface area contributed by atoms with Crippen molar-refractivity contribution in [2.45, 2.75) is 12.8 Å². The smallest absolute Gasteiger partial charge is 0.252 e. The Kier molecular flexibility index (Phi) is 4.57. The molecular weight excluding hydrogens is 317 g/mol. The van der Waals surface area contributed by atoms with Crippen molar-refractivity contribution < 1.29 is 9.18 Å². The van der Waals surface area contributed by atoms with Gasteiger partial charge in [-0.05, 0) is 36.8 Å². The Hall–Kier alpha value is -2.40. The van der Waals surface area contributed by atoms with E-state index in [2.05, 4.69) is 15.3 Å². The van der Waals surface area contributed by atoms with Crippen LogP contribution >= 0.6 is 11.6 Å². The van der Waals surface area contributed by atoms with Crippen LogP contribution in [0.5, 0.6) is 0 Å². The average molecular weight is 332 g/mol. The second kappa shape index (κ2) is 6.79. The quantitative estimate of drug-likeness (QED) is 0.700. The molecule has 1 amide bonds. The number of rotatable bonds is 5. The number of fused-ring (bicyclic) bond motifs is 1. The molecule has 118 valence electrons. The fourth-order valence-electron chi connectivity index (χ4n) is 2.35. The van der Waals surface area contributed by atoms with Crippen LogP contribution < -0.4 is 5.32 Å². The van der Waals surface area contributed by atoms with E-state index in [0.29, 0.717) is 6.54 Å². The van der Waals surface area contributed by atoms with Gasteiger partial charge in [0.2, 0.25) is 0 Å². The first-order chi connectivity index (χ1) is 11.1. The van der Waals surface area contributed by atoms with Gasteiger partial charge in [-0.15, -0.1) is 0 Å². The molecule has 3 rings (SSSR count). The van der Waals surface area contributed by atoms with Gasteiger partial charge < -0.3 is 10.3 Å². The Balaban J connectivity index is 1.52. The van der Waals surface area contributed by atoms with E-state index in [1.54, 1.807) is 0 Å². The van der Waals surface area contributed by atoms with Crippen molar-refractivity contribution >= 4 is 28.5 Å². The van der Waals surface area contributed by atoms with Crippen molar-refractivity contribution in [1.82, 2.24) is 15.3 Å². The number of hydrogen-bond donors (Lipinski definition) is 2. The summed E-state index contributed by atoms with van der Waals surface area (Å²) in [5.74, 6) is 0.122. The number of nitrogens with one attached hydrogen (secondary N) is 2. The summed E-state index contributed by atoms with van der Waals surface area (Å²) in [6.07, 6.45) is 1.47. The highest BCUT2D eigenvalue weighted by Crippen LogP contribution is 2.17. The van der Waals surface area contributed by atoms with Gasteiger partial charge in [-0.3, -0.25) is 4.79 Å². The zero-order chi connectivity index (χ0) is 16.2. The van der Waals surface area contributed by atoms with Crippen molar-refractivity contribution in [1.29, 1.82) is 0 Å². The molecule has 4 nitrogen and oxygen atoms in total. The summed E-state index contributed by atoms with van der Waals surface area (Å²) >= 11 is 5.86. The van der Waals surface area contributed by atoms with Crippen LogP contribution in [0.2, 0.25) is 5.02 Å². The lowest BCUT2D eigenvalue weighted by atomic mass is 10.2. The standard InChI is InChI=1S/C17H15ClFN3O/c18-13-10-11(19)7-8-12(13)17(23)20-9-3-6-16-21-14-4-1-2-5-15(14)22-16/h1-2,4-5,7-8,10H,3,6,9H2,(H,20,23)(H,21,22). The summed E-state index contributed by atoms with van der Waals surface area (Å²) in [7, 11) is 0. The third-order valence-electron chi connectivity index (χ3n) is 3.49. The Morgan fingerprint density at radius 3 is 2.87 bits per heavy atom. The number of hydrogen-bond acceptors (Lipinski definition) is 2. The minimum atomic E-state index is -0.462. The van der Waals surface area contributed by atoms with E-state index in [-0.39, 0.29) is 16.5 Å². The molecule has 0 aliphatic carbocycles. The molecule has 2 aromatic carbocycles. The second-order valence-electron chi connectivity index (χ2n) is 5.18. The van der Waals surface area contributed by atoms with E-state index < -0.39 is 5.82 Å². The highest BCUT2D eigenvalue weighted by molar-refractivity contribution is 6.33. The predicted molar refractivity (Wildman–Crippen MR) is 88.2 cm³/mol. The molecule has 0 spiro atoms. The van der Waals surface area contributed by atoms with E-state index in [1.165, 1.54) is 12.1 Å². The molecule has 23 heavy (non-hydrogen) atoms. The van der Waals surface area contributed by atoms with Gasteiger partial charge in [-0.1, -0.05) is 23.7 Å². The lowest BCUT2D eigenvalue weighted by molar-refractivity contribution is 0.0953. The number of imidazole rings is 1. The van der Waals surface area contributed by atoms with E-state index >= 15 is 0 Å². The first-order valence-electron chi connectivity index (χ1n) is 7.30. The molecule has 2 N–H and O–H groups in total. The van der Waals surface area contributed by atoms with Crippen LogP contribution in [0.25, 0.3) is 11.0 Å². The van der Waals surface area contributed by atoms with Gasteiger partial charge in [0.1, 0.15) is 11.6 Å². The lowest BCUT2D eigenvalue weighted by Crippen LogP contribution is -2.25. The van der Waals surface area contributed by atoms with Crippen molar-refractivity contribution in [3.05, 3.63) is 64.7 Å². The largest absolute Gasteiger partial charge is 0.352 e. The summed E-state index contributed by atoms with van der Waals surface area (Å²) in [6.45, 7) is 0.490. The molecule has 6 heteroatoms. The van der Waals surface area contributed by atoms with Gasteiger partial charge in [0.05, 0.1) is 21.6 Å². The minimum absolute atomic E-state index is 0.111. The van der Waals surface area contributed by atoms with E-state index in [0.717, 1.165) is 35.8 Å². The lowest BCUT2D eigenvalue weighted by Gasteiger charge is -2.06. The van der Waals surface area contributed by atoms with Gasteiger partial charge in [0.25, 0.3) is 5.91 Å². The normalized spacial score (nSPS) is 10.9. The number of nitrogens with zero attached hydrogens (tertiary/aromatic N) is 1. The number of H-pyrrole nitrogens is 1. The number of benzene rings is 2. The van der Waals surface area contributed by atoms with Crippen LogP contribution in [0.15, 0.2) is 42.5 Å². The van der Waals surface area contributed by atoms with Crippen molar-refractivity contribution in [2.75, 3.05) is 6.54 Å². The number of carbonyl (C=O) groups is 1. The van der Waals surface area contributed by atoms with E-state index in [9.17, 15) is 9.18 Å². The number of halogens is 2. The molecule has 0 saturated carbocycles. The Bertz CT molecular complexity index is 814. The minimum Gasteiger partial charge on any atom is -0.352 e. The van der Waals surface area contributed by atoms with Crippen molar-refractivity contribution in [2.24, 2.45) is 0 Å². The molecule has 1 heterocycles. The van der Waals surface area contributed by atoms with Gasteiger partial charge in [-0.2, -0.15) is 0 Å². The summed E-state index contributed by atoms with van der Waals surface area (Å²) in [6, 6.07) is 11.6. The summed E-state index contributed by atoms with van der Waals surface area (Å²) in [4.78, 5) is 19.7. The SMILES string of the molecule is O=C(NCCCc1nc2ccccc2[nH]1)c1ccc(F)cc1Cl. The van der Waals surface area contributed by atoms with Crippen LogP contribution in [0.1, 0.15) is 22.6 Å². The monoisotopic (exact) mass is 331 g/mol. The Morgan fingerprint density at radius 1 is 1.26 bits per heavy atom. The molecule has 0 atom stereocenters. The third kappa shape index (κ3) is 3.68. The van der Waals surface area contributed by atoms with Crippen molar-refractivity contribution in [3.63, 3.8) is 0 Å². The van der Waals surface area contributed by atoms with Gasteiger partial charge >= 0.3 is 0 Å². The molecule has 0 bridgehead atoms. The van der Waals surface area contributed by atoms with E-state index in [1.807, 2.05) is 24.3 Å². The maximum Gasteiger partial charge on any atom is 0.252 e. The van der Waals surface area contributed by atoms with Gasteiger partial charge in [-0.25, -0.2) is 9.37 Å². The molecule has 0 aliphatic heterocycles. The second-order valence-corrected chi connectivity index (χ2v) is 5.59. The fourth-order valence-corrected chi connectivity index (χ4v) is 2.60. The van der Waals surface area contributed by atoms with Crippen molar-refractivity contribution in [3.8, 4) is 0 Å². The number of aromatic amines is 1. The molecule has 0 saturated heterocycles. The Labute approximate surface area is 137 Å². The molecule has 1 aromatic heterocycles. The molecule has 3 aromatic rings. The zero-order valence-corrected chi connectivity index (χ0v) is 13.0. The molecule has 0 fully saturated rings. The van der Waals surface area contributed by atoms with Gasteiger partial charge in [0.15, 0.2) is 0 Å². The molecule has 0 aliphatic rings. The van der Waals surface area contributed by atoms with Crippen LogP contribution in [-0.2, 0) is 6.42 Å². The molecule has 0 unspecified atom stereocenters. The van der Waals surface area contributed by atoms with Crippen LogP contribution in [0, 0.1) is 5.82 Å². The van der Waals surface area contributed by atoms with E-state index in [4.69, 9.17) is 11.6 Å².